The monoisotopic (exact) mass is 126 g/mol. The maximum Gasteiger partial charge on any atom is 0.170 e. The molecule has 0 saturated carbocycles. The highest BCUT2D eigenvalue weighted by Gasteiger charge is 1.83. The molecule has 4 heteroatoms. The predicted molar refractivity (Wildman–Crippen MR) is 31.0 cm³/mol. The minimum absolute atomic E-state index is 0. The highest BCUT2D eigenvalue weighted by atomic mass is 16.1. The van der Waals surface area contributed by atoms with E-state index in [1.165, 1.54) is 18.6 Å². The van der Waals surface area contributed by atoms with Gasteiger partial charge in [-0.1, -0.05) is 0 Å². The summed E-state index contributed by atoms with van der Waals surface area (Å²) in [6.45, 7) is 0. The van der Waals surface area contributed by atoms with Crippen LogP contribution >= 0.6 is 0 Å². The van der Waals surface area contributed by atoms with Crippen molar-refractivity contribution in [2.45, 2.75) is 0 Å². The third-order valence-corrected chi connectivity index (χ3v) is 0.704. The van der Waals surface area contributed by atoms with Crippen molar-refractivity contribution in [2.75, 3.05) is 0 Å². The summed E-state index contributed by atoms with van der Waals surface area (Å²) < 4.78 is 0. The van der Waals surface area contributed by atoms with Crippen molar-refractivity contribution in [1.82, 2.24) is 9.97 Å². The van der Waals surface area contributed by atoms with E-state index in [1.54, 1.807) is 0 Å². The van der Waals surface area contributed by atoms with Gasteiger partial charge in [0.25, 0.3) is 0 Å². The van der Waals surface area contributed by atoms with Gasteiger partial charge in [-0.15, -0.1) is 0 Å². The Morgan fingerprint density at radius 2 is 2.22 bits per heavy atom. The summed E-state index contributed by atoms with van der Waals surface area (Å²) in [5, 5.41) is 0. The average molecular weight is 126 g/mol. The molecule has 1 aromatic rings. The maximum atomic E-state index is 9.90. The smallest absolute Gasteiger partial charge is 0.170 e. The van der Waals surface area contributed by atoms with Crippen molar-refractivity contribution in [1.29, 1.82) is 0 Å². The van der Waals surface area contributed by atoms with Crippen molar-refractivity contribution in [3.05, 3.63) is 24.3 Å². The summed E-state index contributed by atoms with van der Waals surface area (Å²) in [5.74, 6) is 0. The minimum Gasteiger partial charge on any atom is -0.412 e. The van der Waals surface area contributed by atoms with Crippen LogP contribution in [0.5, 0.6) is 0 Å². The highest BCUT2D eigenvalue weighted by molar-refractivity contribution is 5.70. The van der Waals surface area contributed by atoms with Crippen LogP contribution in [0.15, 0.2) is 18.6 Å². The van der Waals surface area contributed by atoms with Crippen LogP contribution in [0.2, 0.25) is 0 Å². The Hall–Kier alpha value is -1.29. The van der Waals surface area contributed by atoms with Crippen LogP contribution in [0, 0.1) is 0 Å². The van der Waals surface area contributed by atoms with Crippen LogP contribution < -0.4 is 0 Å². The van der Waals surface area contributed by atoms with Crippen molar-refractivity contribution in [2.24, 2.45) is 0 Å². The van der Waals surface area contributed by atoms with Gasteiger partial charge in [-0.3, -0.25) is 14.8 Å². The Labute approximate surface area is 51.9 Å². The first-order valence-electron chi connectivity index (χ1n) is 2.14. The van der Waals surface area contributed by atoms with Gasteiger partial charge in [-0.25, -0.2) is 0 Å². The lowest BCUT2D eigenvalue weighted by Crippen LogP contribution is -1.84. The van der Waals surface area contributed by atoms with Gasteiger partial charge in [0.1, 0.15) is 5.69 Å². The lowest BCUT2D eigenvalue weighted by molar-refractivity contribution is 0.111. The fourth-order valence-corrected chi connectivity index (χ4v) is 0.371. The first kappa shape index (κ1) is 7.71. The van der Waals surface area contributed by atoms with Crippen molar-refractivity contribution in [3.8, 4) is 0 Å². The van der Waals surface area contributed by atoms with Crippen LogP contribution in [-0.4, -0.2) is 21.7 Å². The SMILES string of the molecule is O.O=Cc1cnccn1. The van der Waals surface area contributed by atoms with Gasteiger partial charge in [0, 0.05) is 12.4 Å². The fourth-order valence-electron chi connectivity index (χ4n) is 0.371. The largest absolute Gasteiger partial charge is 0.412 e. The molecular weight excluding hydrogens is 120 g/mol. The molecule has 0 fully saturated rings. The molecule has 0 aliphatic carbocycles. The number of aromatic nitrogens is 2. The lowest BCUT2D eigenvalue weighted by atomic mass is 10.5. The van der Waals surface area contributed by atoms with Gasteiger partial charge in [0.15, 0.2) is 6.29 Å². The van der Waals surface area contributed by atoms with Crippen LogP contribution in [0.1, 0.15) is 10.5 Å². The van der Waals surface area contributed by atoms with Gasteiger partial charge in [0.05, 0.1) is 6.20 Å². The van der Waals surface area contributed by atoms with Gasteiger partial charge in [0.2, 0.25) is 0 Å². The van der Waals surface area contributed by atoms with Gasteiger partial charge >= 0.3 is 0 Å². The van der Waals surface area contributed by atoms with Gasteiger partial charge in [-0.05, 0) is 0 Å². The van der Waals surface area contributed by atoms with Crippen LogP contribution in [0.4, 0.5) is 0 Å². The zero-order valence-electron chi connectivity index (χ0n) is 4.61. The standard InChI is InChI=1S/C5H4N2O.H2O/c8-4-5-3-6-1-2-7-5;/h1-4H;1H2. The molecular formula is C5H6N2O2. The second kappa shape index (κ2) is 3.68. The Morgan fingerprint density at radius 1 is 1.44 bits per heavy atom. The number of carbonyl (C=O) groups excluding carboxylic acids is 1. The maximum absolute atomic E-state index is 9.90. The van der Waals surface area contributed by atoms with Gasteiger partial charge < -0.3 is 5.48 Å². The molecule has 0 amide bonds. The number of nitrogens with zero attached hydrogens (tertiary/aromatic N) is 2. The third-order valence-electron chi connectivity index (χ3n) is 0.704. The van der Waals surface area contributed by atoms with E-state index >= 15 is 0 Å². The Morgan fingerprint density at radius 3 is 2.56 bits per heavy atom. The van der Waals surface area contributed by atoms with Crippen molar-refractivity contribution < 1.29 is 10.3 Å². The number of hydrogen-bond donors (Lipinski definition) is 0. The number of hydrogen-bond acceptors (Lipinski definition) is 3. The van der Waals surface area contributed by atoms with Crippen LogP contribution in [0.3, 0.4) is 0 Å². The van der Waals surface area contributed by atoms with Crippen molar-refractivity contribution >= 4 is 6.29 Å². The molecule has 1 rings (SSSR count). The summed E-state index contributed by atoms with van der Waals surface area (Å²) in [6.07, 6.45) is 5.07. The van der Waals surface area contributed by atoms with E-state index in [0.29, 0.717) is 12.0 Å². The van der Waals surface area contributed by atoms with E-state index in [9.17, 15) is 4.79 Å². The van der Waals surface area contributed by atoms with E-state index in [0.717, 1.165) is 0 Å². The van der Waals surface area contributed by atoms with Crippen LogP contribution in [0.25, 0.3) is 0 Å². The lowest BCUT2D eigenvalue weighted by Gasteiger charge is -1.80. The molecule has 0 radical (unpaired) electrons. The van der Waals surface area contributed by atoms with E-state index in [4.69, 9.17) is 0 Å². The Bertz CT molecular complexity index is 176. The molecule has 0 atom stereocenters. The molecule has 1 heterocycles. The first-order chi connectivity index (χ1) is 3.93. The molecule has 0 aromatic carbocycles. The normalized spacial score (nSPS) is 7.56. The zero-order valence-corrected chi connectivity index (χ0v) is 4.61. The van der Waals surface area contributed by atoms with E-state index in [1.807, 2.05) is 0 Å². The zero-order chi connectivity index (χ0) is 5.82. The fraction of sp³-hybridized carbons (Fsp3) is 0. The summed E-state index contributed by atoms with van der Waals surface area (Å²) in [5.41, 5.74) is 0.368. The first-order valence-corrected chi connectivity index (χ1v) is 2.14. The summed E-state index contributed by atoms with van der Waals surface area (Å²) in [6, 6.07) is 0. The molecule has 0 bridgehead atoms. The molecule has 48 valence electrons. The molecule has 0 aliphatic rings. The minimum atomic E-state index is 0. The third kappa shape index (κ3) is 1.96. The summed E-state index contributed by atoms with van der Waals surface area (Å²) >= 11 is 0. The predicted octanol–water partition coefficient (Wildman–Crippen LogP) is -0.536. The second-order valence-corrected chi connectivity index (χ2v) is 1.25. The average Bonchev–Trinajstić information content (AvgIpc) is 1.90. The number of rotatable bonds is 1. The molecule has 4 nitrogen and oxygen atoms in total. The van der Waals surface area contributed by atoms with Crippen molar-refractivity contribution in [3.63, 3.8) is 0 Å². The molecule has 9 heavy (non-hydrogen) atoms. The number of aldehydes is 1. The summed E-state index contributed by atoms with van der Waals surface area (Å²) in [7, 11) is 0. The number of carbonyl (C=O) groups is 1. The molecule has 0 spiro atoms. The molecule has 2 N–H and O–H groups in total. The quantitative estimate of drug-likeness (QED) is 0.474. The molecule has 0 unspecified atom stereocenters. The Balaban J connectivity index is 0.000000640. The van der Waals surface area contributed by atoms with Gasteiger partial charge in [-0.2, -0.15) is 0 Å². The van der Waals surface area contributed by atoms with E-state index < -0.39 is 0 Å². The van der Waals surface area contributed by atoms with E-state index in [2.05, 4.69) is 9.97 Å². The second-order valence-electron chi connectivity index (χ2n) is 1.25. The Kier molecular flexibility index (Phi) is 3.15. The topological polar surface area (TPSA) is 74.3 Å². The molecule has 0 aliphatic heterocycles. The van der Waals surface area contributed by atoms with E-state index in [-0.39, 0.29) is 5.48 Å². The molecule has 0 saturated heterocycles. The van der Waals surface area contributed by atoms with Crippen LogP contribution in [-0.2, 0) is 0 Å². The highest BCUT2D eigenvalue weighted by Crippen LogP contribution is 1.80. The summed E-state index contributed by atoms with van der Waals surface area (Å²) in [4.78, 5) is 17.2. The molecule has 1 aromatic heterocycles.